The second-order valence-corrected chi connectivity index (χ2v) is 8.26. The Labute approximate surface area is 199 Å². The van der Waals surface area contributed by atoms with Crippen LogP contribution in [0.3, 0.4) is 0 Å². The van der Waals surface area contributed by atoms with Gasteiger partial charge < -0.3 is 9.63 Å². The molecule has 1 N–H and O–H groups in total. The van der Waals surface area contributed by atoms with Crippen molar-refractivity contribution in [1.82, 2.24) is 15.0 Å². The summed E-state index contributed by atoms with van der Waals surface area (Å²) < 4.78 is 47.2. The molecule has 0 unspecified atom stereocenters. The largest absolute Gasteiger partial charge is 0.480 e. The molecule has 0 saturated heterocycles. The second kappa shape index (κ2) is 9.71. The molecule has 3 aromatic carbocycles. The molecule has 6 nitrogen and oxygen atoms in total. The number of carboxylic acid groups (broad SMARTS) is 1. The molecule has 1 heterocycles. The standard InChI is InChI=1S/C26H22F3N3O3/c1-16-6-3-4-9-20(16)21-11-10-19(13-22(21)26(27,28)29)25-30-24(31-35-25)18-8-5-7-17(12-18)14-32(2)15-23(33)34/h3-13H,14-15H2,1-2H3,(H,33,34). The molecule has 0 atom stereocenters. The van der Waals surface area contributed by atoms with E-state index in [1.165, 1.54) is 12.1 Å². The average Bonchev–Trinajstić information content (AvgIpc) is 3.28. The van der Waals surface area contributed by atoms with Crippen molar-refractivity contribution in [2.75, 3.05) is 13.6 Å². The number of benzene rings is 3. The van der Waals surface area contributed by atoms with Gasteiger partial charge in [-0.05, 0) is 54.4 Å². The molecule has 180 valence electrons. The molecule has 9 heteroatoms. The van der Waals surface area contributed by atoms with Gasteiger partial charge in [-0.2, -0.15) is 18.2 Å². The van der Waals surface area contributed by atoms with Crippen LogP contribution in [0.25, 0.3) is 34.0 Å². The molecule has 4 rings (SSSR count). The molecular weight excluding hydrogens is 459 g/mol. The van der Waals surface area contributed by atoms with Crippen molar-refractivity contribution in [3.8, 4) is 34.0 Å². The summed E-state index contributed by atoms with van der Waals surface area (Å²) in [5, 5.41) is 12.9. The molecule has 0 aliphatic carbocycles. The highest BCUT2D eigenvalue weighted by Crippen LogP contribution is 2.40. The summed E-state index contributed by atoms with van der Waals surface area (Å²) in [4.78, 5) is 16.8. The first-order valence-electron chi connectivity index (χ1n) is 10.7. The maximum Gasteiger partial charge on any atom is 0.417 e. The number of likely N-dealkylation sites (N-methyl/N-ethyl adjacent to an activating group) is 1. The first-order valence-corrected chi connectivity index (χ1v) is 10.7. The highest BCUT2D eigenvalue weighted by Gasteiger charge is 2.34. The molecule has 0 radical (unpaired) electrons. The Hall–Kier alpha value is -3.98. The number of carboxylic acids is 1. The molecule has 35 heavy (non-hydrogen) atoms. The first-order chi connectivity index (χ1) is 16.6. The van der Waals surface area contributed by atoms with Crippen LogP contribution in [0.4, 0.5) is 13.2 Å². The minimum absolute atomic E-state index is 0.0322. The molecule has 0 amide bonds. The van der Waals surface area contributed by atoms with E-state index in [1.807, 2.05) is 6.07 Å². The fraction of sp³-hybridized carbons (Fsp3) is 0.192. The Kier molecular flexibility index (Phi) is 6.70. The Bertz CT molecular complexity index is 1370. The van der Waals surface area contributed by atoms with Gasteiger partial charge in [0.15, 0.2) is 0 Å². The van der Waals surface area contributed by atoms with Gasteiger partial charge in [0, 0.05) is 17.7 Å². The summed E-state index contributed by atoms with van der Waals surface area (Å²) in [5.74, 6) is -0.743. The van der Waals surface area contributed by atoms with E-state index in [4.69, 9.17) is 9.63 Å². The number of alkyl halides is 3. The average molecular weight is 481 g/mol. The number of aryl methyl sites for hydroxylation is 1. The number of hydrogen-bond donors (Lipinski definition) is 1. The van der Waals surface area contributed by atoms with Crippen LogP contribution in [-0.2, 0) is 17.5 Å². The van der Waals surface area contributed by atoms with Crippen molar-refractivity contribution >= 4 is 5.97 Å². The first kappa shape index (κ1) is 24.2. The third-order valence-corrected chi connectivity index (χ3v) is 5.48. The summed E-state index contributed by atoms with van der Waals surface area (Å²) in [6, 6.07) is 18.0. The number of rotatable bonds is 7. The van der Waals surface area contributed by atoms with E-state index in [0.717, 1.165) is 17.2 Å². The van der Waals surface area contributed by atoms with E-state index in [9.17, 15) is 18.0 Å². The van der Waals surface area contributed by atoms with Gasteiger partial charge in [0.1, 0.15) is 0 Å². The smallest absolute Gasteiger partial charge is 0.417 e. The number of nitrogens with zero attached hydrogens (tertiary/aromatic N) is 3. The van der Waals surface area contributed by atoms with Crippen molar-refractivity contribution in [3.63, 3.8) is 0 Å². The van der Waals surface area contributed by atoms with Crippen molar-refractivity contribution in [2.45, 2.75) is 19.6 Å². The molecule has 0 saturated carbocycles. The number of aliphatic carboxylic acids is 1. The molecule has 1 aromatic heterocycles. The summed E-state index contributed by atoms with van der Waals surface area (Å²) in [6.45, 7) is 2.04. The molecule has 0 fully saturated rings. The lowest BCUT2D eigenvalue weighted by Crippen LogP contribution is -2.25. The summed E-state index contributed by atoms with van der Waals surface area (Å²) in [5.41, 5.74) is 2.13. The van der Waals surface area contributed by atoms with Crippen molar-refractivity contribution in [2.24, 2.45) is 0 Å². The molecule has 0 bridgehead atoms. The number of aromatic nitrogens is 2. The van der Waals surface area contributed by atoms with Gasteiger partial charge in [0.25, 0.3) is 5.89 Å². The fourth-order valence-corrected chi connectivity index (χ4v) is 3.89. The monoisotopic (exact) mass is 481 g/mol. The summed E-state index contributed by atoms with van der Waals surface area (Å²) >= 11 is 0. The van der Waals surface area contributed by atoms with Crippen LogP contribution in [0, 0.1) is 6.92 Å². The predicted molar refractivity (Wildman–Crippen MR) is 124 cm³/mol. The Balaban J connectivity index is 1.66. The summed E-state index contributed by atoms with van der Waals surface area (Å²) in [7, 11) is 1.69. The van der Waals surface area contributed by atoms with Gasteiger partial charge in [0.2, 0.25) is 5.82 Å². The van der Waals surface area contributed by atoms with Crippen molar-refractivity contribution in [1.29, 1.82) is 0 Å². The molecule has 0 aliphatic heterocycles. The van der Waals surface area contributed by atoms with Gasteiger partial charge in [-0.25, -0.2) is 0 Å². The second-order valence-electron chi connectivity index (χ2n) is 8.26. The molecule has 0 spiro atoms. The van der Waals surface area contributed by atoms with Crippen LogP contribution in [0.1, 0.15) is 16.7 Å². The van der Waals surface area contributed by atoms with Crippen molar-refractivity contribution in [3.05, 3.63) is 83.4 Å². The SMILES string of the molecule is Cc1ccccc1-c1ccc(-c2nc(-c3cccc(CN(C)CC(=O)O)c3)no2)cc1C(F)(F)F. The minimum atomic E-state index is -4.58. The van der Waals surface area contributed by atoms with E-state index in [1.54, 1.807) is 61.3 Å². The van der Waals surface area contributed by atoms with E-state index < -0.39 is 17.7 Å². The van der Waals surface area contributed by atoms with Gasteiger partial charge in [-0.15, -0.1) is 0 Å². The number of carbonyl (C=O) groups is 1. The van der Waals surface area contributed by atoms with Crippen LogP contribution >= 0.6 is 0 Å². The third-order valence-electron chi connectivity index (χ3n) is 5.48. The highest BCUT2D eigenvalue weighted by atomic mass is 19.4. The zero-order chi connectivity index (χ0) is 25.2. The quantitative estimate of drug-likeness (QED) is 0.353. The number of halogens is 3. The highest BCUT2D eigenvalue weighted by molar-refractivity contribution is 5.74. The lowest BCUT2D eigenvalue weighted by atomic mass is 9.94. The molecular formula is C26H22F3N3O3. The fourth-order valence-electron chi connectivity index (χ4n) is 3.89. The number of hydrogen-bond acceptors (Lipinski definition) is 5. The van der Waals surface area contributed by atoms with Gasteiger partial charge >= 0.3 is 12.1 Å². The normalized spacial score (nSPS) is 11.7. The minimum Gasteiger partial charge on any atom is -0.480 e. The molecule has 4 aromatic rings. The zero-order valence-electron chi connectivity index (χ0n) is 19.0. The lowest BCUT2D eigenvalue weighted by Gasteiger charge is -2.15. The van der Waals surface area contributed by atoms with E-state index in [2.05, 4.69) is 10.1 Å². The van der Waals surface area contributed by atoms with Gasteiger partial charge in [0.05, 0.1) is 12.1 Å². The maximum absolute atomic E-state index is 14.0. The lowest BCUT2D eigenvalue weighted by molar-refractivity contribution is -0.138. The Morgan fingerprint density at radius 1 is 1.00 bits per heavy atom. The Morgan fingerprint density at radius 3 is 2.49 bits per heavy atom. The Morgan fingerprint density at radius 2 is 1.77 bits per heavy atom. The summed E-state index contributed by atoms with van der Waals surface area (Å²) in [6.07, 6.45) is -4.58. The van der Waals surface area contributed by atoms with Crippen LogP contribution in [0.15, 0.2) is 71.3 Å². The van der Waals surface area contributed by atoms with Gasteiger partial charge in [-0.1, -0.05) is 53.7 Å². The van der Waals surface area contributed by atoms with E-state index >= 15 is 0 Å². The van der Waals surface area contributed by atoms with Crippen LogP contribution in [0.2, 0.25) is 0 Å². The topological polar surface area (TPSA) is 79.5 Å². The van der Waals surface area contributed by atoms with Crippen molar-refractivity contribution < 1.29 is 27.6 Å². The zero-order valence-corrected chi connectivity index (χ0v) is 19.0. The van der Waals surface area contributed by atoms with Crippen LogP contribution < -0.4 is 0 Å². The van der Waals surface area contributed by atoms with Gasteiger partial charge in [-0.3, -0.25) is 9.69 Å². The van der Waals surface area contributed by atoms with Crippen LogP contribution in [0.5, 0.6) is 0 Å². The third kappa shape index (κ3) is 5.58. The van der Waals surface area contributed by atoms with E-state index in [-0.39, 0.29) is 29.4 Å². The predicted octanol–water partition coefficient (Wildman–Crippen LogP) is 5.91. The maximum atomic E-state index is 14.0. The van der Waals surface area contributed by atoms with E-state index in [0.29, 0.717) is 17.7 Å². The molecule has 0 aliphatic rings. The van der Waals surface area contributed by atoms with Crippen LogP contribution in [-0.4, -0.2) is 39.7 Å².